The van der Waals surface area contributed by atoms with Crippen molar-refractivity contribution in [1.29, 1.82) is 0 Å². The van der Waals surface area contributed by atoms with Crippen molar-refractivity contribution >= 4 is 22.8 Å². The minimum atomic E-state index is -0.293. The van der Waals surface area contributed by atoms with Gasteiger partial charge >= 0.3 is 0 Å². The van der Waals surface area contributed by atoms with E-state index in [-0.39, 0.29) is 6.10 Å². The summed E-state index contributed by atoms with van der Waals surface area (Å²) in [7, 11) is 2.03. The Hall–Kier alpha value is -2.71. The van der Waals surface area contributed by atoms with Crippen LogP contribution in [0.4, 0.5) is 11.8 Å². The minimum Gasteiger partial charge on any atom is -0.389 e. The summed E-state index contributed by atoms with van der Waals surface area (Å²) in [5, 5.41) is 13.1. The molecule has 8 heteroatoms. The number of nitrogens with one attached hydrogen (secondary N) is 1. The van der Waals surface area contributed by atoms with Gasteiger partial charge in [0.05, 0.1) is 36.0 Å². The van der Waals surface area contributed by atoms with Gasteiger partial charge in [-0.25, -0.2) is 9.97 Å². The number of hydrogen-bond donors (Lipinski definition) is 2. The number of imidazole rings is 1. The molecule has 2 aliphatic rings. The van der Waals surface area contributed by atoms with Crippen LogP contribution in [-0.4, -0.2) is 57.0 Å². The van der Waals surface area contributed by atoms with E-state index >= 15 is 0 Å². The van der Waals surface area contributed by atoms with Crippen molar-refractivity contribution in [1.82, 2.24) is 19.5 Å². The number of rotatable bonds is 5. The highest BCUT2D eigenvalue weighted by Gasteiger charge is 2.29. The number of anilines is 2. The van der Waals surface area contributed by atoms with Crippen molar-refractivity contribution in [2.45, 2.75) is 25.0 Å². The second kappa shape index (κ2) is 7.03. The van der Waals surface area contributed by atoms with Gasteiger partial charge in [-0.1, -0.05) is 12.1 Å². The lowest BCUT2D eigenvalue weighted by Gasteiger charge is -2.36. The van der Waals surface area contributed by atoms with Gasteiger partial charge in [0.15, 0.2) is 0 Å². The number of fused-ring (bicyclic) bond motifs is 1. The van der Waals surface area contributed by atoms with Crippen LogP contribution in [-0.2, 0) is 18.3 Å². The molecule has 28 heavy (non-hydrogen) atoms. The molecule has 1 atom stereocenters. The zero-order valence-electron chi connectivity index (χ0n) is 15.9. The molecule has 2 fully saturated rings. The van der Waals surface area contributed by atoms with E-state index < -0.39 is 0 Å². The maximum absolute atomic E-state index is 9.64. The van der Waals surface area contributed by atoms with Gasteiger partial charge in [0.25, 0.3) is 0 Å². The summed E-state index contributed by atoms with van der Waals surface area (Å²) < 4.78 is 7.64. The molecule has 4 heterocycles. The summed E-state index contributed by atoms with van der Waals surface area (Å²) in [4.78, 5) is 16.1. The first-order valence-corrected chi connectivity index (χ1v) is 9.71. The molecule has 0 bridgehead atoms. The first kappa shape index (κ1) is 17.4. The SMILES string of the molecule is Cn1c(CNc2cc(C3CCOC3)nc(N3CC(O)C3)n2)nc2ccccc21. The molecular formula is C20H24N6O2. The summed E-state index contributed by atoms with van der Waals surface area (Å²) >= 11 is 0. The summed E-state index contributed by atoms with van der Waals surface area (Å²) in [6, 6.07) is 10.1. The van der Waals surface area contributed by atoms with Gasteiger partial charge in [-0.05, 0) is 18.6 Å². The van der Waals surface area contributed by atoms with Crippen molar-refractivity contribution in [3.63, 3.8) is 0 Å². The molecule has 0 radical (unpaired) electrons. The van der Waals surface area contributed by atoms with Gasteiger partial charge < -0.3 is 24.6 Å². The number of aromatic nitrogens is 4. The smallest absolute Gasteiger partial charge is 0.227 e. The second-order valence-electron chi connectivity index (χ2n) is 7.53. The van der Waals surface area contributed by atoms with Crippen LogP contribution in [0.1, 0.15) is 23.9 Å². The molecule has 3 aromatic rings. The minimum absolute atomic E-state index is 0.293. The maximum atomic E-state index is 9.64. The Balaban J connectivity index is 1.40. The van der Waals surface area contributed by atoms with E-state index in [2.05, 4.69) is 20.9 Å². The molecule has 5 rings (SSSR count). The predicted octanol–water partition coefficient (Wildman–Crippen LogP) is 1.66. The monoisotopic (exact) mass is 380 g/mol. The highest BCUT2D eigenvalue weighted by Crippen LogP contribution is 2.28. The van der Waals surface area contributed by atoms with Crippen LogP contribution in [0.2, 0.25) is 0 Å². The van der Waals surface area contributed by atoms with Crippen molar-refractivity contribution in [2.24, 2.45) is 7.05 Å². The molecule has 8 nitrogen and oxygen atoms in total. The maximum Gasteiger partial charge on any atom is 0.227 e. The number of nitrogens with zero attached hydrogens (tertiary/aromatic N) is 5. The molecule has 2 N–H and O–H groups in total. The number of hydrogen-bond acceptors (Lipinski definition) is 7. The topological polar surface area (TPSA) is 88.3 Å². The summed E-state index contributed by atoms with van der Waals surface area (Å²) in [6.45, 7) is 3.20. The highest BCUT2D eigenvalue weighted by atomic mass is 16.5. The number of ether oxygens (including phenoxy) is 1. The first-order chi connectivity index (χ1) is 13.7. The van der Waals surface area contributed by atoms with Crippen LogP contribution in [0.5, 0.6) is 0 Å². The molecule has 2 aromatic heterocycles. The van der Waals surface area contributed by atoms with Gasteiger partial charge in [0.1, 0.15) is 11.6 Å². The fourth-order valence-corrected chi connectivity index (χ4v) is 3.80. The van der Waals surface area contributed by atoms with E-state index in [1.165, 1.54) is 0 Å². The van der Waals surface area contributed by atoms with Crippen LogP contribution < -0.4 is 10.2 Å². The van der Waals surface area contributed by atoms with Gasteiger partial charge in [-0.15, -0.1) is 0 Å². The molecule has 1 aromatic carbocycles. The number of β-amino-alcohol motifs (C(OH)–C–C–N with tert-alkyl or cyclic N) is 1. The summed E-state index contributed by atoms with van der Waals surface area (Å²) in [5.41, 5.74) is 3.10. The van der Waals surface area contributed by atoms with Crippen LogP contribution in [0, 0.1) is 0 Å². The van der Waals surface area contributed by atoms with Gasteiger partial charge in [-0.3, -0.25) is 0 Å². The molecule has 2 saturated heterocycles. The Morgan fingerprint density at radius 1 is 1.21 bits per heavy atom. The standard InChI is InChI=1S/C20H24N6O2/c1-25-17-5-3-2-4-15(17)22-19(25)9-21-18-8-16(13-6-7-28-12-13)23-20(24-18)26-10-14(27)11-26/h2-5,8,13-14,27H,6-7,9-12H2,1H3,(H,21,23,24). The number of aryl methyl sites for hydroxylation is 1. The number of para-hydroxylation sites is 2. The fourth-order valence-electron chi connectivity index (χ4n) is 3.80. The van der Waals surface area contributed by atoms with Crippen LogP contribution in [0.25, 0.3) is 11.0 Å². The third-order valence-corrected chi connectivity index (χ3v) is 5.53. The third kappa shape index (κ3) is 3.18. The Morgan fingerprint density at radius 3 is 2.82 bits per heavy atom. The van der Waals surface area contributed by atoms with Crippen molar-refractivity contribution in [3.8, 4) is 0 Å². The molecule has 146 valence electrons. The van der Waals surface area contributed by atoms with E-state index in [1.807, 2.05) is 36.2 Å². The average molecular weight is 380 g/mol. The fraction of sp³-hybridized carbons (Fsp3) is 0.450. The molecule has 0 amide bonds. The Kier molecular flexibility index (Phi) is 4.37. The lowest BCUT2D eigenvalue weighted by atomic mass is 10.0. The van der Waals surface area contributed by atoms with Crippen LogP contribution in [0.3, 0.4) is 0 Å². The molecule has 0 saturated carbocycles. The quantitative estimate of drug-likeness (QED) is 0.696. The zero-order valence-corrected chi connectivity index (χ0v) is 15.9. The molecule has 2 aliphatic heterocycles. The van der Waals surface area contributed by atoms with Gasteiger partial charge in [-0.2, -0.15) is 4.98 Å². The highest BCUT2D eigenvalue weighted by molar-refractivity contribution is 5.75. The van der Waals surface area contributed by atoms with Crippen molar-refractivity contribution < 1.29 is 9.84 Å². The van der Waals surface area contributed by atoms with Crippen molar-refractivity contribution in [3.05, 3.63) is 41.9 Å². The average Bonchev–Trinajstić information content (AvgIpc) is 3.33. The molecule has 0 aliphatic carbocycles. The van der Waals surface area contributed by atoms with Gasteiger partial charge in [0, 0.05) is 38.7 Å². The van der Waals surface area contributed by atoms with E-state index in [0.717, 1.165) is 41.4 Å². The number of benzene rings is 1. The summed E-state index contributed by atoms with van der Waals surface area (Å²) in [5.74, 6) is 2.69. The Morgan fingerprint density at radius 2 is 2.07 bits per heavy atom. The van der Waals surface area contributed by atoms with E-state index in [4.69, 9.17) is 14.7 Å². The van der Waals surface area contributed by atoms with Crippen LogP contribution >= 0.6 is 0 Å². The van der Waals surface area contributed by atoms with Crippen LogP contribution in [0.15, 0.2) is 30.3 Å². The zero-order chi connectivity index (χ0) is 19.1. The predicted molar refractivity (Wildman–Crippen MR) is 106 cm³/mol. The van der Waals surface area contributed by atoms with Crippen molar-refractivity contribution in [2.75, 3.05) is 36.5 Å². The van der Waals surface area contributed by atoms with E-state index in [0.29, 0.717) is 38.1 Å². The Labute approximate surface area is 163 Å². The lowest BCUT2D eigenvalue weighted by Crippen LogP contribution is -2.51. The summed E-state index contributed by atoms with van der Waals surface area (Å²) in [6.07, 6.45) is 0.682. The Bertz CT molecular complexity index is 992. The number of aliphatic hydroxyl groups excluding tert-OH is 1. The van der Waals surface area contributed by atoms with E-state index in [1.54, 1.807) is 0 Å². The second-order valence-corrected chi connectivity index (χ2v) is 7.53. The molecule has 0 spiro atoms. The van der Waals surface area contributed by atoms with E-state index in [9.17, 15) is 5.11 Å². The normalized spacial score (nSPS) is 19.9. The van der Waals surface area contributed by atoms with Gasteiger partial charge in [0.2, 0.25) is 5.95 Å². The molecular weight excluding hydrogens is 356 g/mol. The first-order valence-electron chi connectivity index (χ1n) is 9.71. The number of aliphatic hydroxyl groups is 1. The third-order valence-electron chi connectivity index (χ3n) is 5.53. The lowest BCUT2D eigenvalue weighted by molar-refractivity contribution is 0.140. The largest absolute Gasteiger partial charge is 0.389 e. The molecule has 1 unspecified atom stereocenters.